The SMILES string of the molecule is NC1CC2CCC(C1)N2Cc1c(F)ccc(Br)c1F. The fraction of sp³-hybridized carbons (Fsp3) is 0.571. The van der Waals surface area contributed by atoms with E-state index in [2.05, 4.69) is 20.8 Å². The Morgan fingerprint density at radius 1 is 1.21 bits per heavy atom. The van der Waals surface area contributed by atoms with Crippen molar-refractivity contribution in [1.82, 2.24) is 4.90 Å². The summed E-state index contributed by atoms with van der Waals surface area (Å²) in [5.74, 6) is -0.941. The highest BCUT2D eigenvalue weighted by Crippen LogP contribution is 2.37. The highest BCUT2D eigenvalue weighted by molar-refractivity contribution is 9.10. The average molecular weight is 331 g/mol. The van der Waals surface area contributed by atoms with E-state index < -0.39 is 11.6 Å². The van der Waals surface area contributed by atoms with Gasteiger partial charge in [-0.25, -0.2) is 8.78 Å². The summed E-state index contributed by atoms with van der Waals surface area (Å²) < 4.78 is 28.2. The van der Waals surface area contributed by atoms with E-state index in [9.17, 15) is 8.78 Å². The van der Waals surface area contributed by atoms with Crippen molar-refractivity contribution in [3.63, 3.8) is 0 Å². The van der Waals surface area contributed by atoms with Gasteiger partial charge in [0.05, 0.1) is 4.47 Å². The van der Waals surface area contributed by atoms with Crippen LogP contribution in [0.25, 0.3) is 0 Å². The molecule has 2 aliphatic rings. The molecule has 0 radical (unpaired) electrons. The topological polar surface area (TPSA) is 29.3 Å². The molecule has 0 amide bonds. The molecular weight excluding hydrogens is 314 g/mol. The summed E-state index contributed by atoms with van der Waals surface area (Å²) in [4.78, 5) is 2.23. The Morgan fingerprint density at radius 3 is 2.47 bits per heavy atom. The van der Waals surface area contributed by atoms with E-state index in [-0.39, 0.29) is 11.6 Å². The van der Waals surface area contributed by atoms with Crippen LogP contribution in [-0.2, 0) is 6.54 Å². The summed E-state index contributed by atoms with van der Waals surface area (Å²) in [6, 6.07) is 3.73. The summed E-state index contributed by atoms with van der Waals surface area (Å²) >= 11 is 3.12. The maximum atomic E-state index is 14.0. The molecule has 2 aliphatic heterocycles. The molecular formula is C14H17BrF2N2. The molecule has 0 spiro atoms. The van der Waals surface area contributed by atoms with E-state index >= 15 is 0 Å². The van der Waals surface area contributed by atoms with Gasteiger partial charge in [0.1, 0.15) is 11.6 Å². The molecule has 5 heteroatoms. The number of fused-ring (bicyclic) bond motifs is 2. The van der Waals surface area contributed by atoms with Crippen LogP contribution in [0.2, 0.25) is 0 Å². The molecule has 0 saturated carbocycles. The molecule has 2 bridgehead atoms. The van der Waals surface area contributed by atoms with Crippen LogP contribution in [0.15, 0.2) is 16.6 Å². The Kier molecular flexibility index (Phi) is 3.62. The van der Waals surface area contributed by atoms with Crippen molar-refractivity contribution in [2.75, 3.05) is 0 Å². The normalized spacial score (nSPS) is 30.8. The first-order valence-corrected chi connectivity index (χ1v) is 7.49. The lowest BCUT2D eigenvalue weighted by atomic mass is 9.97. The summed E-state index contributed by atoms with van der Waals surface area (Å²) in [6.07, 6.45) is 4.06. The lowest BCUT2D eigenvalue weighted by Gasteiger charge is -2.37. The van der Waals surface area contributed by atoms with E-state index in [0.717, 1.165) is 25.7 Å². The van der Waals surface area contributed by atoms with E-state index in [0.29, 0.717) is 23.1 Å². The zero-order chi connectivity index (χ0) is 13.6. The molecule has 1 aromatic rings. The Hall–Kier alpha value is -0.520. The van der Waals surface area contributed by atoms with Crippen molar-refractivity contribution in [1.29, 1.82) is 0 Å². The highest BCUT2D eigenvalue weighted by atomic mass is 79.9. The molecule has 1 aromatic carbocycles. The van der Waals surface area contributed by atoms with Gasteiger partial charge in [-0.05, 0) is 53.7 Å². The van der Waals surface area contributed by atoms with Crippen LogP contribution >= 0.6 is 15.9 Å². The molecule has 104 valence electrons. The Balaban J connectivity index is 1.85. The van der Waals surface area contributed by atoms with Crippen LogP contribution in [0, 0.1) is 11.6 Å². The number of hydrogen-bond donors (Lipinski definition) is 1. The first-order valence-electron chi connectivity index (χ1n) is 6.70. The summed E-state index contributed by atoms with van der Waals surface area (Å²) in [7, 11) is 0. The fourth-order valence-electron chi connectivity index (χ4n) is 3.47. The largest absolute Gasteiger partial charge is 0.328 e. The number of benzene rings is 1. The van der Waals surface area contributed by atoms with Crippen molar-refractivity contribution in [2.45, 2.75) is 50.4 Å². The lowest BCUT2D eigenvalue weighted by molar-refractivity contribution is 0.117. The first-order chi connectivity index (χ1) is 9.06. The molecule has 2 fully saturated rings. The first kappa shape index (κ1) is 13.5. The molecule has 3 rings (SSSR count). The van der Waals surface area contributed by atoms with Gasteiger partial charge in [-0.1, -0.05) is 0 Å². The number of rotatable bonds is 2. The predicted molar refractivity (Wildman–Crippen MR) is 73.6 cm³/mol. The van der Waals surface area contributed by atoms with E-state index in [1.54, 1.807) is 0 Å². The van der Waals surface area contributed by atoms with Crippen LogP contribution in [0.5, 0.6) is 0 Å². The van der Waals surface area contributed by atoms with Gasteiger partial charge in [0.15, 0.2) is 0 Å². The number of piperidine rings is 1. The second kappa shape index (κ2) is 5.11. The lowest BCUT2D eigenvalue weighted by Crippen LogP contribution is -2.47. The van der Waals surface area contributed by atoms with Crippen LogP contribution < -0.4 is 5.73 Å². The molecule has 2 unspecified atom stereocenters. The van der Waals surface area contributed by atoms with Crippen LogP contribution in [0.1, 0.15) is 31.2 Å². The number of nitrogens with zero attached hydrogens (tertiary/aromatic N) is 1. The molecule has 2 heterocycles. The molecule has 2 N–H and O–H groups in total. The third-order valence-electron chi connectivity index (χ3n) is 4.40. The molecule has 0 aliphatic carbocycles. The van der Waals surface area contributed by atoms with Gasteiger partial charge in [-0.2, -0.15) is 0 Å². The van der Waals surface area contributed by atoms with Gasteiger partial charge in [-0.3, -0.25) is 4.90 Å². The highest BCUT2D eigenvalue weighted by Gasteiger charge is 2.40. The minimum atomic E-state index is -0.478. The van der Waals surface area contributed by atoms with Crippen molar-refractivity contribution in [3.05, 3.63) is 33.8 Å². The van der Waals surface area contributed by atoms with E-state index in [1.807, 2.05) is 0 Å². The second-order valence-electron chi connectivity index (χ2n) is 5.61. The molecule has 2 saturated heterocycles. The third kappa shape index (κ3) is 2.43. The standard InChI is InChI=1S/C14H17BrF2N2/c15-12-3-4-13(16)11(14(12)17)7-19-9-1-2-10(19)6-8(18)5-9/h3-4,8-10H,1-2,5-7,18H2. The summed E-state index contributed by atoms with van der Waals surface area (Å²) in [5, 5.41) is 0. The van der Waals surface area contributed by atoms with Crippen LogP contribution in [0.4, 0.5) is 8.78 Å². The summed E-state index contributed by atoms with van der Waals surface area (Å²) in [6.45, 7) is 0.346. The van der Waals surface area contributed by atoms with Crippen molar-refractivity contribution in [2.24, 2.45) is 5.73 Å². The maximum absolute atomic E-state index is 14.0. The minimum Gasteiger partial charge on any atom is -0.328 e. The molecule has 2 atom stereocenters. The van der Waals surface area contributed by atoms with Crippen molar-refractivity contribution < 1.29 is 8.78 Å². The van der Waals surface area contributed by atoms with Crippen molar-refractivity contribution >= 4 is 15.9 Å². The minimum absolute atomic E-state index is 0.168. The predicted octanol–water partition coefficient (Wildman–Crippen LogP) is 3.18. The molecule has 2 nitrogen and oxygen atoms in total. The number of hydrogen-bond acceptors (Lipinski definition) is 2. The monoisotopic (exact) mass is 330 g/mol. The maximum Gasteiger partial charge on any atom is 0.144 e. The van der Waals surface area contributed by atoms with Crippen LogP contribution in [0.3, 0.4) is 0 Å². The third-order valence-corrected chi connectivity index (χ3v) is 5.01. The van der Waals surface area contributed by atoms with Crippen LogP contribution in [-0.4, -0.2) is 23.0 Å². The van der Waals surface area contributed by atoms with Gasteiger partial charge in [0.2, 0.25) is 0 Å². The van der Waals surface area contributed by atoms with Gasteiger partial charge in [0, 0.05) is 30.2 Å². The summed E-state index contributed by atoms with van der Waals surface area (Å²) in [5.41, 5.74) is 6.18. The molecule has 19 heavy (non-hydrogen) atoms. The second-order valence-corrected chi connectivity index (χ2v) is 6.46. The number of halogens is 3. The smallest absolute Gasteiger partial charge is 0.144 e. The Bertz CT molecular complexity index is 481. The zero-order valence-corrected chi connectivity index (χ0v) is 12.2. The molecule has 0 aromatic heterocycles. The van der Waals surface area contributed by atoms with Gasteiger partial charge in [0.25, 0.3) is 0 Å². The van der Waals surface area contributed by atoms with Gasteiger partial charge >= 0.3 is 0 Å². The Morgan fingerprint density at radius 2 is 1.84 bits per heavy atom. The van der Waals surface area contributed by atoms with Gasteiger partial charge < -0.3 is 5.73 Å². The number of nitrogens with two attached hydrogens (primary N) is 1. The van der Waals surface area contributed by atoms with Gasteiger partial charge in [-0.15, -0.1) is 0 Å². The Labute approximate surface area is 120 Å². The van der Waals surface area contributed by atoms with E-state index in [1.165, 1.54) is 12.1 Å². The van der Waals surface area contributed by atoms with E-state index in [4.69, 9.17) is 5.73 Å². The fourth-order valence-corrected chi connectivity index (χ4v) is 3.84. The zero-order valence-electron chi connectivity index (χ0n) is 10.6. The van der Waals surface area contributed by atoms with Crippen molar-refractivity contribution in [3.8, 4) is 0 Å². The quantitative estimate of drug-likeness (QED) is 0.844. The average Bonchev–Trinajstić information content (AvgIpc) is 2.60.